The van der Waals surface area contributed by atoms with Crippen LogP contribution in [0.15, 0.2) is 0 Å². The molecule has 2 N–H and O–H groups in total. The van der Waals surface area contributed by atoms with Gasteiger partial charge in [-0.25, -0.2) is 0 Å². The van der Waals surface area contributed by atoms with Crippen LogP contribution in [0.4, 0.5) is 0 Å². The van der Waals surface area contributed by atoms with Crippen molar-refractivity contribution in [1.29, 1.82) is 0 Å². The maximum atomic E-state index is 12.6. The Balaban J connectivity index is 0.00000288. The van der Waals surface area contributed by atoms with Gasteiger partial charge < -0.3 is 15.5 Å². The fourth-order valence-corrected chi connectivity index (χ4v) is 3.68. The minimum atomic E-state index is -0.397. The average Bonchev–Trinajstić information content (AvgIpc) is 2.53. The molecule has 6 heteroatoms. The second-order valence-electron chi connectivity index (χ2n) is 7.84. The third kappa shape index (κ3) is 5.62. The number of carbonyl (C=O) groups is 2. The summed E-state index contributed by atoms with van der Waals surface area (Å²) in [6.07, 6.45) is 4.53. The molecular formula is C18H34ClN3O2. The van der Waals surface area contributed by atoms with Gasteiger partial charge in [0.25, 0.3) is 0 Å². The van der Waals surface area contributed by atoms with Gasteiger partial charge in [0.05, 0.1) is 6.04 Å². The van der Waals surface area contributed by atoms with E-state index >= 15 is 0 Å². The number of hydrogen-bond donors (Lipinski definition) is 1. The Kier molecular flexibility index (Phi) is 8.51. The molecule has 0 aromatic rings. The summed E-state index contributed by atoms with van der Waals surface area (Å²) in [6, 6.07) is -0.397. The van der Waals surface area contributed by atoms with Crippen LogP contribution in [-0.4, -0.2) is 53.8 Å². The van der Waals surface area contributed by atoms with Crippen molar-refractivity contribution in [3.63, 3.8) is 0 Å². The quantitative estimate of drug-likeness (QED) is 0.837. The maximum Gasteiger partial charge on any atom is 0.239 e. The van der Waals surface area contributed by atoms with E-state index in [1.165, 1.54) is 0 Å². The standard InChI is InChI=1S/C18H33N3O2.ClH/c1-13(2)12-16(19)18(23)21-10-6-15(7-11-21)17(22)20-8-4-14(3)5-9-20;/h13-16H,4-12,19H2,1-3H3;1H/t16-;/m0./s1. The molecule has 0 aliphatic carbocycles. The molecule has 1 atom stereocenters. The topological polar surface area (TPSA) is 66.6 Å². The summed E-state index contributed by atoms with van der Waals surface area (Å²) in [5.74, 6) is 1.61. The van der Waals surface area contributed by atoms with Gasteiger partial charge in [-0.3, -0.25) is 9.59 Å². The number of carbonyl (C=O) groups excluding carboxylic acids is 2. The third-order valence-corrected chi connectivity index (χ3v) is 5.29. The van der Waals surface area contributed by atoms with Gasteiger partial charge in [-0.15, -0.1) is 12.4 Å². The van der Waals surface area contributed by atoms with E-state index < -0.39 is 6.04 Å². The van der Waals surface area contributed by atoms with Crippen LogP contribution in [0.3, 0.4) is 0 Å². The first-order valence-electron chi connectivity index (χ1n) is 9.21. The summed E-state index contributed by atoms with van der Waals surface area (Å²) in [4.78, 5) is 28.9. The van der Waals surface area contributed by atoms with Gasteiger partial charge >= 0.3 is 0 Å². The highest BCUT2D eigenvalue weighted by Gasteiger charge is 2.32. The number of nitrogens with two attached hydrogens (primary N) is 1. The highest BCUT2D eigenvalue weighted by Crippen LogP contribution is 2.24. The van der Waals surface area contributed by atoms with Crippen LogP contribution >= 0.6 is 12.4 Å². The minimum Gasteiger partial charge on any atom is -0.342 e. The van der Waals surface area contributed by atoms with Crippen LogP contribution in [-0.2, 0) is 9.59 Å². The van der Waals surface area contributed by atoms with E-state index in [1.807, 2.05) is 9.80 Å². The van der Waals surface area contributed by atoms with Gasteiger partial charge in [0, 0.05) is 32.1 Å². The molecule has 0 bridgehead atoms. The van der Waals surface area contributed by atoms with E-state index in [9.17, 15) is 9.59 Å². The molecule has 2 amide bonds. The molecule has 140 valence electrons. The number of nitrogens with zero attached hydrogens (tertiary/aromatic N) is 2. The number of piperidine rings is 2. The van der Waals surface area contributed by atoms with Crippen LogP contribution in [0.2, 0.25) is 0 Å². The molecule has 24 heavy (non-hydrogen) atoms. The van der Waals surface area contributed by atoms with Crippen molar-refractivity contribution < 1.29 is 9.59 Å². The van der Waals surface area contributed by atoms with Crippen molar-refractivity contribution in [2.24, 2.45) is 23.5 Å². The Morgan fingerprint density at radius 2 is 1.50 bits per heavy atom. The van der Waals surface area contributed by atoms with E-state index in [0.29, 0.717) is 24.9 Å². The van der Waals surface area contributed by atoms with Crippen molar-refractivity contribution in [3.8, 4) is 0 Å². The van der Waals surface area contributed by atoms with Crippen molar-refractivity contribution in [2.75, 3.05) is 26.2 Å². The highest BCUT2D eigenvalue weighted by atomic mass is 35.5. The predicted molar refractivity (Wildman–Crippen MR) is 99.0 cm³/mol. The first kappa shape index (κ1) is 21.2. The number of halogens is 1. The lowest BCUT2D eigenvalue weighted by Gasteiger charge is -2.37. The first-order valence-corrected chi connectivity index (χ1v) is 9.21. The molecule has 2 saturated heterocycles. The lowest BCUT2D eigenvalue weighted by molar-refractivity contribution is -0.142. The second-order valence-corrected chi connectivity index (χ2v) is 7.84. The molecule has 0 saturated carbocycles. The third-order valence-electron chi connectivity index (χ3n) is 5.29. The molecule has 0 radical (unpaired) electrons. The molecule has 2 aliphatic heterocycles. The Labute approximate surface area is 152 Å². The molecule has 2 fully saturated rings. The molecule has 0 aromatic heterocycles. The molecule has 2 aliphatic rings. The van der Waals surface area contributed by atoms with Crippen LogP contribution in [0.5, 0.6) is 0 Å². The Morgan fingerprint density at radius 3 is 2.00 bits per heavy atom. The van der Waals surface area contributed by atoms with Crippen molar-refractivity contribution in [2.45, 2.75) is 58.9 Å². The number of hydrogen-bond acceptors (Lipinski definition) is 3. The Hall–Kier alpha value is -0.810. The van der Waals surface area contributed by atoms with Crippen LogP contribution < -0.4 is 5.73 Å². The van der Waals surface area contributed by atoms with Crippen LogP contribution in [0, 0.1) is 17.8 Å². The van der Waals surface area contributed by atoms with E-state index in [1.54, 1.807) is 0 Å². The predicted octanol–water partition coefficient (Wildman–Crippen LogP) is 2.28. The fraction of sp³-hybridized carbons (Fsp3) is 0.889. The zero-order valence-electron chi connectivity index (χ0n) is 15.4. The smallest absolute Gasteiger partial charge is 0.239 e. The SMILES string of the molecule is CC(C)C[C@H](N)C(=O)N1CCC(C(=O)N2CCC(C)CC2)CC1.Cl. The summed E-state index contributed by atoms with van der Waals surface area (Å²) < 4.78 is 0. The van der Waals surface area contributed by atoms with E-state index in [0.717, 1.165) is 51.1 Å². The van der Waals surface area contributed by atoms with Gasteiger partial charge in [-0.05, 0) is 43.9 Å². The molecular weight excluding hydrogens is 326 g/mol. The highest BCUT2D eigenvalue weighted by molar-refractivity contribution is 5.85. The van der Waals surface area contributed by atoms with Gasteiger partial charge in [0.15, 0.2) is 0 Å². The summed E-state index contributed by atoms with van der Waals surface area (Å²) in [7, 11) is 0. The monoisotopic (exact) mass is 359 g/mol. The van der Waals surface area contributed by atoms with E-state index in [-0.39, 0.29) is 24.2 Å². The van der Waals surface area contributed by atoms with Gasteiger partial charge in [0.1, 0.15) is 0 Å². The number of amides is 2. The summed E-state index contributed by atoms with van der Waals surface area (Å²) in [6.45, 7) is 9.56. The fourth-order valence-electron chi connectivity index (χ4n) is 3.68. The normalized spacial score (nSPS) is 21.5. The van der Waals surface area contributed by atoms with Gasteiger partial charge in [-0.2, -0.15) is 0 Å². The van der Waals surface area contributed by atoms with E-state index in [2.05, 4.69) is 20.8 Å². The molecule has 2 heterocycles. The summed E-state index contributed by atoms with van der Waals surface area (Å²) in [5, 5.41) is 0. The van der Waals surface area contributed by atoms with Gasteiger partial charge in [-0.1, -0.05) is 20.8 Å². The van der Waals surface area contributed by atoms with Gasteiger partial charge in [0.2, 0.25) is 11.8 Å². The molecule has 0 spiro atoms. The lowest BCUT2D eigenvalue weighted by atomic mass is 9.92. The number of likely N-dealkylation sites (tertiary alicyclic amines) is 2. The summed E-state index contributed by atoms with van der Waals surface area (Å²) in [5.41, 5.74) is 6.01. The largest absolute Gasteiger partial charge is 0.342 e. The maximum absolute atomic E-state index is 12.6. The Bertz CT molecular complexity index is 414. The molecule has 5 nitrogen and oxygen atoms in total. The zero-order chi connectivity index (χ0) is 17.0. The Morgan fingerprint density at radius 1 is 1.00 bits per heavy atom. The molecule has 0 unspecified atom stereocenters. The van der Waals surface area contributed by atoms with Crippen molar-refractivity contribution in [1.82, 2.24) is 9.80 Å². The zero-order valence-corrected chi connectivity index (χ0v) is 16.2. The molecule has 0 aromatic carbocycles. The summed E-state index contributed by atoms with van der Waals surface area (Å²) >= 11 is 0. The lowest BCUT2D eigenvalue weighted by Crippen LogP contribution is -2.50. The van der Waals surface area contributed by atoms with Crippen molar-refractivity contribution >= 4 is 24.2 Å². The van der Waals surface area contributed by atoms with Crippen LogP contribution in [0.25, 0.3) is 0 Å². The number of rotatable bonds is 4. The molecule has 2 rings (SSSR count). The van der Waals surface area contributed by atoms with Crippen LogP contribution in [0.1, 0.15) is 52.9 Å². The van der Waals surface area contributed by atoms with E-state index in [4.69, 9.17) is 5.73 Å². The van der Waals surface area contributed by atoms with Crippen molar-refractivity contribution in [3.05, 3.63) is 0 Å². The first-order chi connectivity index (χ1) is 10.9. The second kappa shape index (κ2) is 9.62. The average molecular weight is 360 g/mol. The minimum absolute atomic E-state index is 0.